The number of pyridine rings is 2. The summed E-state index contributed by atoms with van der Waals surface area (Å²) in [6.07, 6.45) is 46.5. The van der Waals surface area contributed by atoms with Crippen molar-refractivity contribution in [1.29, 1.82) is 21.0 Å². The molecule has 456 valence electrons. The van der Waals surface area contributed by atoms with Crippen molar-refractivity contribution in [2.24, 2.45) is 11.8 Å². The lowest BCUT2D eigenvalue weighted by atomic mass is 9.92. The van der Waals surface area contributed by atoms with Gasteiger partial charge in [0.1, 0.15) is 32.0 Å². The van der Waals surface area contributed by atoms with E-state index in [0.717, 1.165) is 148 Å². The molecule has 2 atom stereocenters. The van der Waals surface area contributed by atoms with E-state index in [-0.39, 0.29) is 68.4 Å². The van der Waals surface area contributed by atoms with Crippen LogP contribution in [0.1, 0.15) is 285 Å². The highest BCUT2D eigenvalue weighted by atomic mass is 32.2. The lowest BCUT2D eigenvalue weighted by Gasteiger charge is -2.21. The second kappa shape index (κ2) is 37.8. The van der Waals surface area contributed by atoms with Crippen molar-refractivity contribution in [2.45, 2.75) is 298 Å². The molecule has 6 aromatic rings. The van der Waals surface area contributed by atoms with E-state index in [0.29, 0.717) is 26.5 Å². The summed E-state index contributed by atoms with van der Waals surface area (Å²) in [4.78, 5) is 62.9. The zero-order valence-corrected chi connectivity index (χ0v) is 55.1. The lowest BCUT2D eigenvalue weighted by Crippen LogP contribution is -2.38. The predicted octanol–water partition coefficient (Wildman–Crippen LogP) is 19.5. The van der Waals surface area contributed by atoms with Gasteiger partial charge in [0.05, 0.1) is 40.3 Å². The van der Waals surface area contributed by atoms with Gasteiger partial charge in [-0.3, -0.25) is 28.3 Å². The smallest absolute Gasteiger partial charge is 0.262 e. The molecule has 4 aromatic heterocycles. The zero-order chi connectivity index (χ0) is 60.1. The van der Waals surface area contributed by atoms with Crippen LogP contribution < -0.4 is 29.9 Å². The molecule has 0 saturated heterocycles. The summed E-state index contributed by atoms with van der Waals surface area (Å²) in [5, 5.41) is 42.5. The van der Waals surface area contributed by atoms with Gasteiger partial charge in [0, 0.05) is 23.9 Å². The fourth-order valence-electron chi connectivity index (χ4n) is 12.9. The number of hydrogen-bond acceptors (Lipinski definition) is 12. The Kier molecular flexibility index (Phi) is 30.8. The Morgan fingerprint density at radius 2 is 0.500 bits per heavy atom. The van der Waals surface area contributed by atoms with Crippen molar-refractivity contribution < 1.29 is 0 Å². The van der Waals surface area contributed by atoms with Gasteiger partial charge < -0.3 is 0 Å². The highest BCUT2D eigenvalue weighted by Gasteiger charge is 2.31. The van der Waals surface area contributed by atoms with Crippen molar-refractivity contribution in [3.05, 3.63) is 49.1 Å². The zero-order valence-electron chi connectivity index (χ0n) is 51.8. The summed E-state index contributed by atoms with van der Waals surface area (Å²) in [5.74, 6) is 0.0850. The molecule has 4 heterocycles. The SMILES string of the molecule is CCCCCCCCCCCCC(CCCCCCCCCC)Cn1c(=O)c2c3sc(=C(C#N)C#N)sc3c3c(=O)n(CC(CCCCCCCCCC)CCCCCCCCCCCC)c(=O)c4c5sc(=C(C#N)C#N)sc5c(c1=O)c2c34. The van der Waals surface area contributed by atoms with Gasteiger partial charge in [0.2, 0.25) is 0 Å². The average Bonchev–Trinajstić information content (AvgIpc) is 1.23. The minimum absolute atomic E-state index is 0.0425. The van der Waals surface area contributed by atoms with Crippen molar-refractivity contribution in [2.75, 3.05) is 0 Å². The highest BCUT2D eigenvalue weighted by molar-refractivity contribution is 7.38. The van der Waals surface area contributed by atoms with Gasteiger partial charge in [-0.25, -0.2) is 0 Å². The number of rotatable bonds is 44. The first-order valence-corrected chi connectivity index (χ1v) is 36.7. The Labute approximate surface area is 517 Å². The quantitative estimate of drug-likeness (QED) is 0.0268. The van der Waals surface area contributed by atoms with E-state index in [1.54, 1.807) is 0 Å². The normalized spacial score (nSPS) is 12.4. The van der Waals surface area contributed by atoms with Gasteiger partial charge in [0.25, 0.3) is 22.2 Å². The predicted molar refractivity (Wildman–Crippen MR) is 361 cm³/mol. The first-order valence-electron chi connectivity index (χ1n) is 33.4. The van der Waals surface area contributed by atoms with E-state index in [4.69, 9.17) is 0 Å². The van der Waals surface area contributed by atoms with Gasteiger partial charge in [-0.2, -0.15) is 21.0 Å². The molecule has 2 aromatic carbocycles. The number of nitrogens with zero attached hydrogens (tertiary/aromatic N) is 6. The Hall–Kier alpha value is -4.70. The fraction of sp³-hybridized carbons (Fsp3) is 0.686. The van der Waals surface area contributed by atoms with Crippen LogP contribution in [0.15, 0.2) is 19.2 Å². The van der Waals surface area contributed by atoms with Crippen LogP contribution in [0.4, 0.5) is 0 Å². The molecule has 0 aliphatic rings. The molecule has 0 radical (unpaired) electrons. The second-order valence-electron chi connectivity index (χ2n) is 24.4. The largest absolute Gasteiger partial charge is 0.274 e. The number of nitriles is 4. The first kappa shape index (κ1) is 68.4. The number of benzene rings is 2. The third-order valence-electron chi connectivity index (χ3n) is 17.8. The summed E-state index contributed by atoms with van der Waals surface area (Å²) < 4.78 is 5.21. The average molecular weight is 1220 g/mol. The standard InChI is InChI=1S/C70H98N6O4S4/c1-5-9-13-17-21-25-27-31-35-39-43-51(41-37-33-29-23-19-15-11-7-3)49-75-65(77)57-55-56-59(63-61(57)81-69(83-63)53(45-71)46-72)67(79)76(68(80)60(56)64-62(58(55)66(75)78)82-70(84-64)54(47-73)48-74)50-52(42-38-34-30-24-20-16-12-8-4)44-40-36-32-28-26-22-18-14-10-6-2/h51-52H,5-44,49-50H2,1-4H3. The lowest BCUT2D eigenvalue weighted by molar-refractivity contribution is 0.350. The minimum Gasteiger partial charge on any atom is -0.274 e. The molecule has 0 fully saturated rings. The maximum atomic E-state index is 15.7. The molecule has 0 saturated carbocycles. The number of fused-ring (bicyclic) bond motifs is 6. The van der Waals surface area contributed by atoms with Crippen LogP contribution >= 0.6 is 45.3 Å². The van der Waals surface area contributed by atoms with E-state index in [9.17, 15) is 21.0 Å². The van der Waals surface area contributed by atoms with Gasteiger partial charge in [-0.15, -0.1) is 45.3 Å². The third-order valence-corrected chi connectivity index (χ3v) is 23.1. The van der Waals surface area contributed by atoms with Crippen molar-refractivity contribution in [1.82, 2.24) is 9.13 Å². The summed E-state index contributed by atoms with van der Waals surface area (Å²) in [7, 11) is 0. The van der Waals surface area contributed by atoms with Crippen LogP contribution in [-0.2, 0) is 13.1 Å². The van der Waals surface area contributed by atoms with E-state index in [1.807, 2.05) is 0 Å². The highest BCUT2D eigenvalue weighted by Crippen LogP contribution is 2.44. The molecule has 0 aliphatic heterocycles. The molecular formula is C70H98N6O4S4. The summed E-state index contributed by atoms with van der Waals surface area (Å²) in [6.45, 7) is 9.37. The van der Waals surface area contributed by atoms with E-state index in [2.05, 4.69) is 52.0 Å². The van der Waals surface area contributed by atoms with E-state index >= 15 is 19.2 Å². The molecule has 0 amide bonds. The molecule has 0 N–H and O–H groups in total. The van der Waals surface area contributed by atoms with Crippen LogP contribution in [0.25, 0.3) is 62.3 Å². The summed E-state index contributed by atoms with van der Waals surface area (Å²) in [6, 6.07) is 8.21. The summed E-state index contributed by atoms with van der Waals surface area (Å²) in [5.41, 5.74) is -2.27. The van der Waals surface area contributed by atoms with E-state index < -0.39 is 22.2 Å². The Balaban J connectivity index is 1.50. The molecule has 14 heteroatoms. The molecule has 84 heavy (non-hydrogen) atoms. The third kappa shape index (κ3) is 18.7. The minimum atomic E-state index is -0.500. The molecule has 0 spiro atoms. The topological polar surface area (TPSA) is 173 Å². The summed E-state index contributed by atoms with van der Waals surface area (Å²) >= 11 is 4.51. The van der Waals surface area contributed by atoms with Gasteiger partial charge in [-0.1, -0.05) is 259 Å². The molecule has 10 nitrogen and oxygen atoms in total. The fourth-order valence-corrected chi connectivity index (χ4v) is 18.2. The van der Waals surface area contributed by atoms with Crippen LogP contribution in [-0.4, -0.2) is 9.13 Å². The number of unbranched alkanes of at least 4 members (excludes halogenated alkanes) is 32. The van der Waals surface area contributed by atoms with Crippen LogP contribution in [0.5, 0.6) is 0 Å². The van der Waals surface area contributed by atoms with Gasteiger partial charge in [0.15, 0.2) is 11.1 Å². The number of hydrogen-bond donors (Lipinski definition) is 0. The van der Waals surface area contributed by atoms with Crippen LogP contribution in [0.2, 0.25) is 0 Å². The van der Waals surface area contributed by atoms with E-state index in [1.165, 1.54) is 163 Å². The Morgan fingerprint density at radius 1 is 0.310 bits per heavy atom. The van der Waals surface area contributed by atoms with Crippen molar-refractivity contribution >= 4 is 108 Å². The first-order chi connectivity index (χ1) is 41.1. The molecule has 0 bridgehead atoms. The second-order valence-corrected chi connectivity index (χ2v) is 29.0. The van der Waals surface area contributed by atoms with Gasteiger partial charge in [-0.05, 0) is 37.5 Å². The van der Waals surface area contributed by atoms with Crippen molar-refractivity contribution in [3.63, 3.8) is 0 Å². The Bertz CT molecular complexity index is 3170. The molecule has 0 aliphatic carbocycles. The number of aromatic nitrogens is 2. The maximum Gasteiger partial charge on any atom is 0.262 e. The van der Waals surface area contributed by atoms with Crippen molar-refractivity contribution in [3.8, 4) is 24.3 Å². The maximum absolute atomic E-state index is 15.7. The Morgan fingerprint density at radius 3 is 0.690 bits per heavy atom. The molecular weight excluding hydrogens is 1120 g/mol. The molecule has 6 rings (SSSR count). The van der Waals surface area contributed by atoms with Crippen LogP contribution in [0, 0.1) is 57.2 Å². The molecule has 2 unspecified atom stereocenters. The monoisotopic (exact) mass is 1210 g/mol. The van der Waals surface area contributed by atoms with Gasteiger partial charge >= 0.3 is 0 Å². The van der Waals surface area contributed by atoms with Crippen LogP contribution in [0.3, 0.4) is 0 Å².